The van der Waals surface area contributed by atoms with Crippen molar-refractivity contribution < 1.29 is 0 Å². The zero-order chi connectivity index (χ0) is 40.3. The lowest BCUT2D eigenvalue weighted by atomic mass is 9.98. The average Bonchev–Trinajstić information content (AvgIpc) is 3.85. The predicted molar refractivity (Wildman–Crippen MR) is 258 cm³/mol. The summed E-state index contributed by atoms with van der Waals surface area (Å²) in [7, 11) is 0. The van der Waals surface area contributed by atoms with Gasteiger partial charge in [0, 0.05) is 44.3 Å². The Hall–Kier alpha value is -8.14. The Labute approximate surface area is 354 Å². The van der Waals surface area contributed by atoms with Crippen LogP contribution >= 0.6 is 0 Å². The number of para-hydroxylation sites is 3. The van der Waals surface area contributed by atoms with Crippen molar-refractivity contribution >= 4 is 71.4 Å². The van der Waals surface area contributed by atoms with Gasteiger partial charge >= 0.3 is 0 Å². The second kappa shape index (κ2) is 14.3. The first kappa shape index (κ1) is 34.9. The molecule has 0 N–H and O–H groups in total. The predicted octanol–water partition coefficient (Wildman–Crippen LogP) is 15.8. The first-order valence-corrected chi connectivity index (χ1v) is 20.9. The number of hydrogen-bond donors (Lipinski definition) is 0. The molecule has 10 aromatic carbocycles. The summed E-state index contributed by atoms with van der Waals surface area (Å²) >= 11 is 0. The Balaban J connectivity index is 1.04. The molecule has 0 atom stereocenters. The summed E-state index contributed by atoms with van der Waals surface area (Å²) in [6, 6.07) is 85.8. The maximum atomic E-state index is 2.44. The molecule has 12 aromatic rings. The van der Waals surface area contributed by atoms with Crippen LogP contribution in [-0.4, -0.2) is 9.13 Å². The summed E-state index contributed by atoms with van der Waals surface area (Å²) in [5.74, 6) is 0. The monoisotopic (exact) mass is 777 g/mol. The Kier molecular flexibility index (Phi) is 8.17. The van der Waals surface area contributed by atoms with E-state index in [0.29, 0.717) is 0 Å². The van der Waals surface area contributed by atoms with E-state index in [4.69, 9.17) is 0 Å². The quantitative estimate of drug-likeness (QED) is 0.147. The van der Waals surface area contributed by atoms with E-state index in [0.717, 1.165) is 34.1 Å². The van der Waals surface area contributed by atoms with Crippen molar-refractivity contribution in [1.82, 2.24) is 9.13 Å². The molecule has 0 unspecified atom stereocenters. The van der Waals surface area contributed by atoms with Crippen LogP contribution in [0.4, 0.5) is 17.1 Å². The molecule has 0 saturated heterocycles. The van der Waals surface area contributed by atoms with Gasteiger partial charge in [-0.25, -0.2) is 0 Å². The molecular formula is C58H39N3. The highest BCUT2D eigenvalue weighted by Crippen LogP contribution is 2.44. The van der Waals surface area contributed by atoms with Crippen molar-refractivity contribution in [3.8, 4) is 33.6 Å². The van der Waals surface area contributed by atoms with E-state index in [2.05, 4.69) is 251 Å². The maximum Gasteiger partial charge on any atom is 0.131 e. The molecule has 0 spiro atoms. The van der Waals surface area contributed by atoms with Gasteiger partial charge in [0.25, 0.3) is 0 Å². The van der Waals surface area contributed by atoms with Crippen molar-refractivity contribution in [2.24, 2.45) is 0 Å². The number of rotatable bonds is 7. The van der Waals surface area contributed by atoms with Gasteiger partial charge in [0.1, 0.15) is 5.65 Å². The molecule has 2 aromatic heterocycles. The SMILES string of the molecule is c1ccc(-c2cccc(-c3ccc(N(c4ccc(-n5c6ccccc6c6c7ccccc7n(-c7ccccc7)c65)cc4)c4cc5ccccc5c5ccccc45)cc3)c2)cc1. The lowest BCUT2D eigenvalue weighted by Gasteiger charge is -2.28. The molecule has 0 fully saturated rings. The summed E-state index contributed by atoms with van der Waals surface area (Å²) in [6.45, 7) is 0. The van der Waals surface area contributed by atoms with Crippen LogP contribution in [0.1, 0.15) is 0 Å². The number of nitrogens with zero attached hydrogens (tertiary/aromatic N) is 3. The number of benzene rings is 10. The molecule has 286 valence electrons. The Morgan fingerprint density at radius 1 is 0.295 bits per heavy atom. The first-order valence-electron chi connectivity index (χ1n) is 20.9. The standard InChI is InChI=1S/C58H39N3/c1-3-16-40(17-4-1)42-19-15-20-43(38-42)41-30-32-46(33-31-41)59(56-39-44-18-7-8-23-49(44)50-24-9-10-25-51(50)56)47-34-36-48(37-35-47)61-55-29-14-12-27-53(55)57-52-26-11-13-28-54(52)60(58(57)61)45-21-5-2-6-22-45/h1-39H. The van der Waals surface area contributed by atoms with Crippen LogP contribution in [0.5, 0.6) is 0 Å². The fourth-order valence-corrected chi connectivity index (χ4v) is 9.51. The number of hydrogen-bond acceptors (Lipinski definition) is 1. The second-order valence-corrected chi connectivity index (χ2v) is 15.7. The fourth-order valence-electron chi connectivity index (χ4n) is 9.51. The molecule has 0 aliphatic rings. The van der Waals surface area contributed by atoms with Crippen LogP contribution in [0.2, 0.25) is 0 Å². The van der Waals surface area contributed by atoms with Crippen LogP contribution < -0.4 is 4.90 Å². The highest BCUT2D eigenvalue weighted by Gasteiger charge is 2.23. The van der Waals surface area contributed by atoms with Crippen LogP contribution in [0.25, 0.3) is 88.0 Å². The molecule has 0 bridgehead atoms. The average molecular weight is 778 g/mol. The van der Waals surface area contributed by atoms with E-state index in [1.54, 1.807) is 0 Å². The van der Waals surface area contributed by atoms with E-state index in [1.165, 1.54) is 71.0 Å². The minimum atomic E-state index is 1.08. The van der Waals surface area contributed by atoms with E-state index < -0.39 is 0 Å². The third-order valence-corrected chi connectivity index (χ3v) is 12.3. The summed E-state index contributed by atoms with van der Waals surface area (Å²) in [5, 5.41) is 8.66. The van der Waals surface area contributed by atoms with E-state index in [1.807, 2.05) is 0 Å². The highest BCUT2D eigenvalue weighted by molar-refractivity contribution is 6.22. The molecule has 0 amide bonds. The molecule has 0 aliphatic carbocycles. The van der Waals surface area contributed by atoms with Crippen LogP contribution in [0, 0.1) is 0 Å². The van der Waals surface area contributed by atoms with Gasteiger partial charge in [-0.05, 0) is 111 Å². The largest absolute Gasteiger partial charge is 0.310 e. The maximum absolute atomic E-state index is 2.44. The highest BCUT2D eigenvalue weighted by atomic mass is 15.2. The lowest BCUT2D eigenvalue weighted by Crippen LogP contribution is -2.11. The molecule has 0 aliphatic heterocycles. The van der Waals surface area contributed by atoms with Crippen LogP contribution in [-0.2, 0) is 0 Å². The molecule has 2 heterocycles. The third kappa shape index (κ3) is 5.74. The van der Waals surface area contributed by atoms with Crippen molar-refractivity contribution in [1.29, 1.82) is 0 Å². The number of anilines is 3. The Morgan fingerprint density at radius 2 is 0.754 bits per heavy atom. The zero-order valence-electron chi connectivity index (χ0n) is 33.4. The second-order valence-electron chi connectivity index (χ2n) is 15.7. The van der Waals surface area contributed by atoms with Gasteiger partial charge in [-0.3, -0.25) is 9.13 Å². The van der Waals surface area contributed by atoms with Crippen molar-refractivity contribution in [3.05, 3.63) is 237 Å². The summed E-state index contributed by atoms with van der Waals surface area (Å²) in [4.78, 5) is 2.42. The Bertz CT molecular complexity index is 3560. The van der Waals surface area contributed by atoms with Gasteiger partial charge in [-0.15, -0.1) is 0 Å². The molecular weight excluding hydrogens is 739 g/mol. The molecule has 0 radical (unpaired) electrons. The van der Waals surface area contributed by atoms with Gasteiger partial charge in [-0.1, -0.05) is 164 Å². The van der Waals surface area contributed by atoms with Gasteiger partial charge < -0.3 is 4.90 Å². The van der Waals surface area contributed by atoms with E-state index in [9.17, 15) is 0 Å². The molecule has 3 heteroatoms. The number of aromatic nitrogens is 2. The topological polar surface area (TPSA) is 13.1 Å². The minimum absolute atomic E-state index is 1.08. The van der Waals surface area contributed by atoms with Crippen LogP contribution in [0.15, 0.2) is 237 Å². The fraction of sp³-hybridized carbons (Fsp3) is 0. The van der Waals surface area contributed by atoms with Gasteiger partial charge in [-0.2, -0.15) is 0 Å². The summed E-state index contributed by atoms with van der Waals surface area (Å²) in [5.41, 5.74) is 13.9. The zero-order valence-corrected chi connectivity index (χ0v) is 33.4. The lowest BCUT2D eigenvalue weighted by molar-refractivity contribution is 1.07. The van der Waals surface area contributed by atoms with Crippen molar-refractivity contribution in [2.75, 3.05) is 4.90 Å². The van der Waals surface area contributed by atoms with Gasteiger partial charge in [0.2, 0.25) is 0 Å². The summed E-state index contributed by atoms with van der Waals surface area (Å²) in [6.07, 6.45) is 0. The Morgan fingerprint density at radius 3 is 1.39 bits per heavy atom. The molecule has 3 nitrogen and oxygen atoms in total. The number of fused-ring (bicyclic) bond motifs is 8. The normalized spacial score (nSPS) is 11.6. The van der Waals surface area contributed by atoms with Crippen LogP contribution in [0.3, 0.4) is 0 Å². The third-order valence-electron chi connectivity index (χ3n) is 12.3. The van der Waals surface area contributed by atoms with Crippen molar-refractivity contribution in [3.63, 3.8) is 0 Å². The first-order chi connectivity index (χ1) is 30.3. The summed E-state index contributed by atoms with van der Waals surface area (Å²) < 4.78 is 4.86. The van der Waals surface area contributed by atoms with Gasteiger partial charge in [0.05, 0.1) is 16.7 Å². The van der Waals surface area contributed by atoms with Crippen molar-refractivity contribution in [2.45, 2.75) is 0 Å². The van der Waals surface area contributed by atoms with E-state index in [-0.39, 0.29) is 0 Å². The van der Waals surface area contributed by atoms with Gasteiger partial charge in [0.15, 0.2) is 0 Å². The minimum Gasteiger partial charge on any atom is -0.310 e. The molecule has 12 rings (SSSR count). The molecule has 0 saturated carbocycles. The smallest absolute Gasteiger partial charge is 0.131 e. The molecule has 61 heavy (non-hydrogen) atoms. The van der Waals surface area contributed by atoms with E-state index >= 15 is 0 Å².